The molecule has 6 nitrogen and oxygen atoms in total. The highest BCUT2D eigenvalue weighted by Crippen LogP contribution is 2.30. The van der Waals surface area contributed by atoms with E-state index in [1.54, 1.807) is 48.5 Å². The monoisotopic (exact) mass is 465 g/mol. The fourth-order valence-corrected chi connectivity index (χ4v) is 2.85. The smallest absolute Gasteiger partial charge is 0.416 e. The number of hydrogen-bond donors (Lipinski definition) is 2. The topological polar surface area (TPSA) is 91.2 Å². The second kappa shape index (κ2) is 10.8. The molecular weight excluding hydrogens is 447 g/mol. The lowest BCUT2D eigenvalue weighted by Gasteiger charge is -2.10. The van der Waals surface area contributed by atoms with Crippen molar-refractivity contribution in [2.75, 3.05) is 17.2 Å². The van der Waals surface area contributed by atoms with Crippen LogP contribution < -0.4 is 15.4 Å². The van der Waals surface area contributed by atoms with Crippen LogP contribution in [0.3, 0.4) is 0 Å². The predicted octanol–water partition coefficient (Wildman–Crippen LogP) is 5.27. The van der Waals surface area contributed by atoms with Crippen LogP contribution in [0.4, 0.5) is 24.5 Å². The van der Waals surface area contributed by atoms with Gasteiger partial charge in [-0.2, -0.15) is 18.4 Å². The van der Waals surface area contributed by atoms with E-state index in [1.807, 2.05) is 6.07 Å². The van der Waals surface area contributed by atoms with Gasteiger partial charge in [0, 0.05) is 11.4 Å². The lowest BCUT2D eigenvalue weighted by Crippen LogP contribution is -2.20. The minimum absolute atomic E-state index is 0.0949. The van der Waals surface area contributed by atoms with Crippen molar-refractivity contribution in [2.24, 2.45) is 0 Å². The number of hydrogen-bond acceptors (Lipinski definition) is 4. The summed E-state index contributed by atoms with van der Waals surface area (Å²) in [5.74, 6) is -0.909. The number of nitrogens with zero attached hydrogens (tertiary/aromatic N) is 1. The van der Waals surface area contributed by atoms with Crippen LogP contribution >= 0.6 is 0 Å². The fourth-order valence-electron chi connectivity index (χ4n) is 2.85. The molecule has 0 radical (unpaired) electrons. The van der Waals surface area contributed by atoms with Gasteiger partial charge in [-0.05, 0) is 54.1 Å². The summed E-state index contributed by atoms with van der Waals surface area (Å²) in [5.41, 5.74) is -0.289. The number of halogens is 3. The van der Waals surface area contributed by atoms with Crippen molar-refractivity contribution < 1.29 is 27.5 Å². The molecule has 0 aliphatic heterocycles. The van der Waals surface area contributed by atoms with E-state index < -0.39 is 17.6 Å². The lowest BCUT2D eigenvalue weighted by molar-refractivity contribution is -0.137. The third-order valence-corrected chi connectivity index (χ3v) is 4.41. The molecule has 0 unspecified atom stereocenters. The molecule has 0 aliphatic rings. The molecule has 172 valence electrons. The quantitative estimate of drug-likeness (QED) is 0.367. The number of para-hydroxylation sites is 1. The van der Waals surface area contributed by atoms with Crippen molar-refractivity contribution in [1.29, 1.82) is 5.26 Å². The van der Waals surface area contributed by atoms with Gasteiger partial charge in [0.15, 0.2) is 6.61 Å². The summed E-state index contributed by atoms with van der Waals surface area (Å²) in [5, 5.41) is 14.3. The van der Waals surface area contributed by atoms with Crippen molar-refractivity contribution in [2.45, 2.75) is 6.18 Å². The highest BCUT2D eigenvalue weighted by Gasteiger charge is 2.30. The number of alkyl halides is 3. The van der Waals surface area contributed by atoms with Crippen molar-refractivity contribution in [3.63, 3.8) is 0 Å². The molecule has 2 N–H and O–H groups in total. The number of carbonyl (C=O) groups is 2. The Labute approximate surface area is 193 Å². The Kier molecular flexibility index (Phi) is 7.67. The van der Waals surface area contributed by atoms with Crippen LogP contribution in [0.25, 0.3) is 6.08 Å². The van der Waals surface area contributed by atoms with Crippen LogP contribution in [-0.2, 0) is 15.8 Å². The first-order chi connectivity index (χ1) is 16.2. The molecular formula is C25H18F3N3O3. The van der Waals surface area contributed by atoms with E-state index >= 15 is 0 Å². The van der Waals surface area contributed by atoms with Gasteiger partial charge < -0.3 is 15.4 Å². The first kappa shape index (κ1) is 24.1. The highest BCUT2D eigenvalue weighted by molar-refractivity contribution is 6.09. The largest absolute Gasteiger partial charge is 0.484 e. The zero-order valence-corrected chi connectivity index (χ0v) is 17.6. The maximum absolute atomic E-state index is 12.9. The van der Waals surface area contributed by atoms with Gasteiger partial charge in [-0.1, -0.05) is 36.4 Å². The van der Waals surface area contributed by atoms with Crippen molar-refractivity contribution in [1.82, 2.24) is 0 Å². The Hall–Kier alpha value is -4.58. The molecule has 34 heavy (non-hydrogen) atoms. The molecule has 0 aliphatic carbocycles. The first-order valence-corrected chi connectivity index (χ1v) is 9.93. The molecule has 3 aromatic rings. The maximum atomic E-state index is 12.9. The fraction of sp³-hybridized carbons (Fsp3) is 0.0800. The van der Waals surface area contributed by atoms with E-state index in [0.717, 1.165) is 18.2 Å². The lowest BCUT2D eigenvalue weighted by atomic mass is 10.1. The highest BCUT2D eigenvalue weighted by atomic mass is 19.4. The summed E-state index contributed by atoms with van der Waals surface area (Å²) in [7, 11) is 0. The summed E-state index contributed by atoms with van der Waals surface area (Å²) >= 11 is 0. The molecule has 0 spiro atoms. The average Bonchev–Trinajstić information content (AvgIpc) is 2.82. The Morgan fingerprint density at radius 2 is 1.62 bits per heavy atom. The van der Waals surface area contributed by atoms with Crippen LogP contribution in [0.1, 0.15) is 11.1 Å². The van der Waals surface area contributed by atoms with Crippen molar-refractivity contribution >= 4 is 29.3 Å². The van der Waals surface area contributed by atoms with Gasteiger partial charge in [0.2, 0.25) is 0 Å². The standard InChI is InChI=1S/C25H18F3N3O3/c26-25(27,28)19-7-5-10-21(14-19)31-24(33)18(15-29)12-17-6-4-11-22(13-17)34-16-23(32)30-20-8-2-1-3-9-20/h1-14H,16H2,(H,30,32)(H,31,33)/b18-12+. The summed E-state index contributed by atoms with van der Waals surface area (Å²) in [6.07, 6.45) is -3.30. The van der Waals surface area contributed by atoms with Crippen LogP contribution in [0, 0.1) is 11.3 Å². The maximum Gasteiger partial charge on any atom is 0.416 e. The number of anilines is 2. The predicted molar refractivity (Wildman–Crippen MR) is 121 cm³/mol. The van der Waals surface area contributed by atoms with Crippen LogP contribution in [0.15, 0.2) is 84.4 Å². The zero-order chi connectivity index (χ0) is 24.6. The number of amides is 2. The van der Waals surface area contributed by atoms with Gasteiger partial charge in [0.25, 0.3) is 11.8 Å². The van der Waals surface area contributed by atoms with Gasteiger partial charge in [-0.15, -0.1) is 0 Å². The first-order valence-electron chi connectivity index (χ1n) is 9.93. The number of ether oxygens (including phenoxy) is 1. The zero-order valence-electron chi connectivity index (χ0n) is 17.6. The van der Waals surface area contributed by atoms with Crippen molar-refractivity contribution in [3.8, 4) is 11.8 Å². The molecule has 0 saturated heterocycles. The van der Waals surface area contributed by atoms with Gasteiger partial charge in [-0.25, -0.2) is 0 Å². The van der Waals surface area contributed by atoms with E-state index in [4.69, 9.17) is 4.74 Å². The van der Waals surface area contributed by atoms with E-state index in [0.29, 0.717) is 17.0 Å². The second-order valence-electron chi connectivity index (χ2n) is 6.98. The molecule has 0 bridgehead atoms. The van der Waals surface area contributed by atoms with Gasteiger partial charge in [-0.3, -0.25) is 9.59 Å². The van der Waals surface area contributed by atoms with E-state index in [9.17, 15) is 28.0 Å². The minimum Gasteiger partial charge on any atom is -0.484 e. The van der Waals surface area contributed by atoms with E-state index in [1.165, 1.54) is 18.2 Å². The molecule has 0 heterocycles. The summed E-state index contributed by atoms with van der Waals surface area (Å²) in [6, 6.07) is 21.0. The van der Waals surface area contributed by atoms with Gasteiger partial charge >= 0.3 is 6.18 Å². The van der Waals surface area contributed by atoms with Gasteiger partial charge in [0.05, 0.1) is 5.56 Å². The number of carbonyl (C=O) groups excluding carboxylic acids is 2. The van der Waals surface area contributed by atoms with E-state index in [-0.39, 0.29) is 23.8 Å². The number of nitriles is 1. The molecule has 0 atom stereocenters. The molecule has 0 fully saturated rings. The minimum atomic E-state index is -4.56. The Balaban J connectivity index is 1.66. The molecule has 0 saturated carbocycles. The second-order valence-corrected chi connectivity index (χ2v) is 6.98. The third-order valence-electron chi connectivity index (χ3n) is 4.41. The average molecular weight is 465 g/mol. The molecule has 2 amide bonds. The van der Waals surface area contributed by atoms with Gasteiger partial charge in [0.1, 0.15) is 17.4 Å². The van der Waals surface area contributed by atoms with Crippen molar-refractivity contribution in [3.05, 3.63) is 95.6 Å². The molecule has 3 aromatic carbocycles. The molecule has 9 heteroatoms. The number of rotatable bonds is 7. The third kappa shape index (κ3) is 6.97. The molecule has 0 aromatic heterocycles. The van der Waals surface area contributed by atoms with Crippen LogP contribution in [0.5, 0.6) is 5.75 Å². The Bertz CT molecular complexity index is 1250. The Morgan fingerprint density at radius 3 is 2.32 bits per heavy atom. The summed E-state index contributed by atoms with van der Waals surface area (Å²) in [4.78, 5) is 24.4. The number of nitrogens with one attached hydrogen (secondary N) is 2. The van der Waals surface area contributed by atoms with Crippen LogP contribution in [-0.4, -0.2) is 18.4 Å². The Morgan fingerprint density at radius 1 is 0.912 bits per heavy atom. The normalized spacial score (nSPS) is 11.3. The summed E-state index contributed by atoms with van der Waals surface area (Å²) < 4.78 is 44.1. The number of benzene rings is 3. The van der Waals surface area contributed by atoms with Crippen LogP contribution in [0.2, 0.25) is 0 Å². The van der Waals surface area contributed by atoms with E-state index in [2.05, 4.69) is 10.6 Å². The molecule has 3 rings (SSSR count). The SMILES string of the molecule is N#C/C(=C\c1cccc(OCC(=O)Nc2ccccc2)c1)C(=O)Nc1cccc(C(F)(F)F)c1. The summed E-state index contributed by atoms with van der Waals surface area (Å²) in [6.45, 7) is -0.261.